The third-order valence-electron chi connectivity index (χ3n) is 3.44. The van der Waals surface area contributed by atoms with Crippen LogP contribution in [-0.2, 0) is 11.3 Å². The molecule has 7 heteroatoms. The fraction of sp³-hybridized carbons (Fsp3) is 0.389. The number of hydrogen-bond acceptors (Lipinski definition) is 3. The highest BCUT2D eigenvalue weighted by molar-refractivity contribution is 5.90. The van der Waals surface area contributed by atoms with E-state index in [1.165, 1.54) is 0 Å². The van der Waals surface area contributed by atoms with Crippen LogP contribution in [0.1, 0.15) is 19.0 Å². The zero-order valence-corrected chi connectivity index (χ0v) is 14.8. The van der Waals surface area contributed by atoms with E-state index in [0.29, 0.717) is 18.8 Å². The van der Waals surface area contributed by atoms with Gasteiger partial charge in [0.15, 0.2) is 5.96 Å². The Morgan fingerprint density at radius 1 is 1.20 bits per heavy atom. The maximum Gasteiger partial charge on any atom is 0.227 e. The van der Waals surface area contributed by atoms with Gasteiger partial charge >= 0.3 is 0 Å². The molecule has 25 heavy (non-hydrogen) atoms. The first-order chi connectivity index (χ1) is 12.2. The molecule has 0 atom stereocenters. The highest BCUT2D eigenvalue weighted by Gasteiger charge is 2.04. The van der Waals surface area contributed by atoms with Crippen molar-refractivity contribution in [1.82, 2.24) is 20.2 Å². The van der Waals surface area contributed by atoms with Gasteiger partial charge in [-0.3, -0.25) is 9.79 Å². The summed E-state index contributed by atoms with van der Waals surface area (Å²) in [4.78, 5) is 20.7. The van der Waals surface area contributed by atoms with E-state index in [1.807, 2.05) is 50.5 Å². The SMILES string of the molecule is CCNC(=NCCC(=O)Nc1cccc(C)n1)NCCn1cccc1. The summed E-state index contributed by atoms with van der Waals surface area (Å²) < 4.78 is 2.10. The van der Waals surface area contributed by atoms with E-state index < -0.39 is 0 Å². The molecule has 0 spiro atoms. The molecule has 0 bridgehead atoms. The van der Waals surface area contributed by atoms with Crippen molar-refractivity contribution in [3.8, 4) is 0 Å². The molecule has 2 rings (SSSR count). The van der Waals surface area contributed by atoms with E-state index in [0.717, 1.165) is 31.3 Å². The van der Waals surface area contributed by atoms with Crippen molar-refractivity contribution >= 4 is 17.7 Å². The van der Waals surface area contributed by atoms with Gasteiger partial charge in [0.25, 0.3) is 0 Å². The third kappa shape index (κ3) is 7.07. The average Bonchev–Trinajstić information content (AvgIpc) is 3.08. The number of aliphatic imine (C=N–C) groups is 1. The normalized spacial score (nSPS) is 11.2. The number of hydrogen-bond donors (Lipinski definition) is 3. The quantitative estimate of drug-likeness (QED) is 0.504. The summed E-state index contributed by atoms with van der Waals surface area (Å²) in [5.41, 5.74) is 0.872. The molecule has 7 nitrogen and oxygen atoms in total. The van der Waals surface area contributed by atoms with E-state index in [1.54, 1.807) is 6.07 Å². The third-order valence-corrected chi connectivity index (χ3v) is 3.44. The molecular weight excluding hydrogens is 316 g/mol. The summed E-state index contributed by atoms with van der Waals surface area (Å²) in [7, 11) is 0. The summed E-state index contributed by atoms with van der Waals surface area (Å²) in [5.74, 6) is 1.20. The summed E-state index contributed by atoms with van der Waals surface area (Å²) in [6.45, 7) is 6.71. The Morgan fingerprint density at radius 2 is 2.00 bits per heavy atom. The molecule has 2 heterocycles. The van der Waals surface area contributed by atoms with Crippen LogP contribution in [0.5, 0.6) is 0 Å². The molecule has 1 amide bonds. The molecule has 0 saturated carbocycles. The highest BCUT2D eigenvalue weighted by atomic mass is 16.1. The Hall–Kier alpha value is -2.83. The van der Waals surface area contributed by atoms with Crippen LogP contribution in [0.4, 0.5) is 5.82 Å². The van der Waals surface area contributed by atoms with Crippen molar-refractivity contribution in [2.24, 2.45) is 4.99 Å². The van der Waals surface area contributed by atoms with Crippen LogP contribution in [0.15, 0.2) is 47.7 Å². The molecule has 2 aromatic rings. The second kappa shape index (κ2) is 10.1. The maximum atomic E-state index is 12.0. The average molecular weight is 342 g/mol. The highest BCUT2D eigenvalue weighted by Crippen LogP contribution is 2.04. The molecule has 0 aliphatic carbocycles. The van der Waals surface area contributed by atoms with Gasteiger partial charge in [-0.05, 0) is 38.1 Å². The van der Waals surface area contributed by atoms with Crippen molar-refractivity contribution < 1.29 is 4.79 Å². The number of rotatable bonds is 8. The van der Waals surface area contributed by atoms with Gasteiger partial charge in [0.05, 0.1) is 6.54 Å². The molecule has 0 saturated heterocycles. The van der Waals surface area contributed by atoms with E-state index in [9.17, 15) is 4.79 Å². The molecule has 134 valence electrons. The van der Waals surface area contributed by atoms with E-state index in [4.69, 9.17) is 0 Å². The fourth-order valence-electron chi connectivity index (χ4n) is 2.25. The monoisotopic (exact) mass is 342 g/mol. The lowest BCUT2D eigenvalue weighted by Gasteiger charge is -2.11. The van der Waals surface area contributed by atoms with Gasteiger partial charge < -0.3 is 20.5 Å². The minimum absolute atomic E-state index is 0.0926. The first-order valence-corrected chi connectivity index (χ1v) is 8.54. The second-order valence-electron chi connectivity index (χ2n) is 5.57. The Bertz CT molecular complexity index is 681. The number of amides is 1. The van der Waals surface area contributed by atoms with Crippen molar-refractivity contribution in [3.05, 3.63) is 48.4 Å². The summed E-state index contributed by atoms with van der Waals surface area (Å²) >= 11 is 0. The molecule has 0 fully saturated rings. The lowest BCUT2D eigenvalue weighted by Crippen LogP contribution is -2.39. The maximum absolute atomic E-state index is 12.0. The van der Waals surface area contributed by atoms with Gasteiger partial charge in [0.2, 0.25) is 5.91 Å². The molecule has 3 N–H and O–H groups in total. The van der Waals surface area contributed by atoms with Gasteiger partial charge in [0, 0.05) is 44.1 Å². The zero-order chi connectivity index (χ0) is 17.9. The smallest absolute Gasteiger partial charge is 0.227 e. The van der Waals surface area contributed by atoms with E-state index in [-0.39, 0.29) is 5.91 Å². The number of pyridine rings is 1. The standard InChI is InChI=1S/C18H26N6O/c1-3-19-18(21-11-14-24-12-4-5-13-24)20-10-9-17(25)23-16-8-6-7-15(2)22-16/h4-8,12-13H,3,9-11,14H2,1-2H3,(H2,19,20,21)(H,22,23,25). The van der Waals surface area contributed by atoms with Crippen LogP contribution in [0.2, 0.25) is 0 Å². The molecule has 0 aliphatic heterocycles. The summed E-state index contributed by atoms with van der Waals surface area (Å²) in [6.07, 6.45) is 4.36. The Labute approximate surface area is 148 Å². The van der Waals surface area contributed by atoms with Crippen LogP contribution in [0, 0.1) is 6.92 Å². The molecule has 0 aliphatic rings. The summed E-state index contributed by atoms with van der Waals surface area (Å²) in [6, 6.07) is 9.54. The van der Waals surface area contributed by atoms with Gasteiger partial charge in [0.1, 0.15) is 5.82 Å². The minimum atomic E-state index is -0.0926. The van der Waals surface area contributed by atoms with Crippen LogP contribution >= 0.6 is 0 Å². The van der Waals surface area contributed by atoms with Crippen molar-refractivity contribution in [3.63, 3.8) is 0 Å². The van der Waals surface area contributed by atoms with E-state index >= 15 is 0 Å². The van der Waals surface area contributed by atoms with Crippen molar-refractivity contribution in [2.75, 3.05) is 25.0 Å². The van der Waals surface area contributed by atoms with Crippen molar-refractivity contribution in [1.29, 1.82) is 0 Å². The minimum Gasteiger partial charge on any atom is -0.357 e. The first-order valence-electron chi connectivity index (χ1n) is 8.54. The molecule has 2 aromatic heterocycles. The number of aryl methyl sites for hydroxylation is 1. The Balaban J connectivity index is 1.74. The van der Waals surface area contributed by atoms with Gasteiger partial charge in [-0.1, -0.05) is 6.07 Å². The van der Waals surface area contributed by atoms with Crippen LogP contribution in [0.3, 0.4) is 0 Å². The number of anilines is 1. The van der Waals surface area contributed by atoms with Crippen molar-refractivity contribution in [2.45, 2.75) is 26.8 Å². The predicted octanol–water partition coefficient (Wildman–Crippen LogP) is 1.78. The second-order valence-corrected chi connectivity index (χ2v) is 5.57. The molecule has 0 unspecified atom stereocenters. The molecular formula is C18H26N6O. The lowest BCUT2D eigenvalue weighted by molar-refractivity contribution is -0.116. The number of guanidine groups is 1. The number of nitrogens with one attached hydrogen (secondary N) is 3. The van der Waals surface area contributed by atoms with Gasteiger partial charge in [-0.2, -0.15) is 0 Å². The number of carbonyl (C=O) groups excluding carboxylic acids is 1. The van der Waals surface area contributed by atoms with Crippen LogP contribution < -0.4 is 16.0 Å². The fourth-order valence-corrected chi connectivity index (χ4v) is 2.25. The predicted molar refractivity (Wildman–Crippen MR) is 101 cm³/mol. The Kier molecular flexibility index (Phi) is 7.49. The molecule has 0 aromatic carbocycles. The largest absolute Gasteiger partial charge is 0.357 e. The van der Waals surface area contributed by atoms with Gasteiger partial charge in [-0.25, -0.2) is 4.98 Å². The van der Waals surface area contributed by atoms with E-state index in [2.05, 4.69) is 30.5 Å². The zero-order valence-electron chi connectivity index (χ0n) is 14.8. The lowest BCUT2D eigenvalue weighted by atomic mass is 10.3. The van der Waals surface area contributed by atoms with Gasteiger partial charge in [-0.15, -0.1) is 0 Å². The van der Waals surface area contributed by atoms with Crippen LogP contribution in [-0.4, -0.2) is 41.1 Å². The van der Waals surface area contributed by atoms with Crippen LogP contribution in [0.25, 0.3) is 0 Å². The number of nitrogens with zero attached hydrogens (tertiary/aromatic N) is 3. The number of aromatic nitrogens is 2. The topological polar surface area (TPSA) is 83.3 Å². The first kappa shape index (κ1) is 18.5. The summed E-state index contributed by atoms with van der Waals surface area (Å²) in [5, 5.41) is 9.23. The Morgan fingerprint density at radius 3 is 2.72 bits per heavy atom. The number of carbonyl (C=O) groups is 1. The molecule has 0 radical (unpaired) electrons.